The quantitative estimate of drug-likeness (QED) is 0.835. The van der Waals surface area contributed by atoms with Crippen molar-refractivity contribution in [3.63, 3.8) is 0 Å². The lowest BCUT2D eigenvalue weighted by molar-refractivity contribution is 0.0601. The van der Waals surface area contributed by atoms with Crippen molar-refractivity contribution in [2.24, 2.45) is 0 Å². The summed E-state index contributed by atoms with van der Waals surface area (Å²) in [4.78, 5) is 24.9. The molecule has 0 aliphatic rings. The highest BCUT2D eigenvalue weighted by molar-refractivity contribution is 6.01. The van der Waals surface area contributed by atoms with E-state index in [1.165, 1.54) is 12.0 Å². The van der Waals surface area contributed by atoms with Gasteiger partial charge in [0.25, 0.3) is 0 Å². The molecule has 0 saturated heterocycles. The Kier molecular flexibility index (Phi) is 4.71. The smallest absolute Gasteiger partial charge is 0.339 e. The molecule has 1 rings (SSSR count). The van der Waals surface area contributed by atoms with Gasteiger partial charge in [-0.25, -0.2) is 9.59 Å². The molecule has 0 unspecified atom stereocenters. The van der Waals surface area contributed by atoms with Crippen LogP contribution in [0.5, 0.6) is 0 Å². The number of urea groups is 1. The molecule has 98 valence electrons. The Labute approximate surface area is 107 Å². The van der Waals surface area contributed by atoms with E-state index in [0.717, 1.165) is 0 Å². The van der Waals surface area contributed by atoms with Crippen molar-refractivity contribution >= 4 is 17.7 Å². The molecule has 2 amide bonds. The number of carbonyl (C=O) groups is 2. The zero-order valence-electron chi connectivity index (χ0n) is 11.1. The average molecular weight is 250 g/mol. The lowest BCUT2D eigenvalue weighted by Gasteiger charge is -2.21. The van der Waals surface area contributed by atoms with Crippen LogP contribution < -0.4 is 10.2 Å². The van der Waals surface area contributed by atoms with E-state index in [1.54, 1.807) is 31.3 Å². The van der Waals surface area contributed by atoms with Gasteiger partial charge in [-0.2, -0.15) is 0 Å². The normalized spacial score (nSPS) is 10.1. The van der Waals surface area contributed by atoms with Gasteiger partial charge in [0.05, 0.1) is 18.4 Å². The number of anilines is 1. The summed E-state index contributed by atoms with van der Waals surface area (Å²) in [6, 6.07) is 6.59. The van der Waals surface area contributed by atoms with Gasteiger partial charge in [-0.05, 0) is 26.0 Å². The molecule has 0 aromatic heterocycles. The molecule has 1 N–H and O–H groups in total. The molecule has 0 fully saturated rings. The maximum Gasteiger partial charge on any atom is 0.339 e. The zero-order valence-corrected chi connectivity index (χ0v) is 11.1. The summed E-state index contributed by atoms with van der Waals surface area (Å²) in [7, 11) is 2.92. The van der Waals surface area contributed by atoms with Crippen LogP contribution in [0.1, 0.15) is 24.2 Å². The second-order valence-corrected chi connectivity index (χ2v) is 4.17. The summed E-state index contributed by atoms with van der Waals surface area (Å²) in [5.74, 6) is -0.463. The van der Waals surface area contributed by atoms with Crippen LogP contribution in [0, 0.1) is 0 Å². The summed E-state index contributed by atoms with van der Waals surface area (Å²) in [5, 5.41) is 2.76. The van der Waals surface area contributed by atoms with E-state index >= 15 is 0 Å². The molecule has 5 heteroatoms. The minimum Gasteiger partial charge on any atom is -0.465 e. The number of nitrogens with one attached hydrogen (secondary N) is 1. The van der Waals surface area contributed by atoms with Crippen molar-refractivity contribution in [2.45, 2.75) is 19.9 Å². The molecule has 0 radical (unpaired) electrons. The van der Waals surface area contributed by atoms with E-state index in [1.807, 2.05) is 13.8 Å². The highest BCUT2D eigenvalue weighted by atomic mass is 16.5. The van der Waals surface area contributed by atoms with Gasteiger partial charge in [-0.1, -0.05) is 12.1 Å². The predicted octanol–water partition coefficient (Wildman–Crippen LogP) is 2.03. The first kappa shape index (κ1) is 14.0. The monoisotopic (exact) mass is 250 g/mol. The number of amides is 2. The Bertz CT molecular complexity index is 444. The summed E-state index contributed by atoms with van der Waals surface area (Å²) in [5.41, 5.74) is 0.879. The Morgan fingerprint density at radius 2 is 1.89 bits per heavy atom. The maximum absolute atomic E-state index is 11.9. The first-order valence-corrected chi connectivity index (χ1v) is 5.69. The van der Waals surface area contributed by atoms with Crippen LogP contribution in [-0.2, 0) is 4.74 Å². The van der Waals surface area contributed by atoms with Gasteiger partial charge in [0.1, 0.15) is 0 Å². The SMILES string of the molecule is COC(=O)c1ccccc1N(C)C(=O)NC(C)C. The van der Waals surface area contributed by atoms with E-state index in [0.29, 0.717) is 11.3 Å². The third-order valence-electron chi connectivity index (χ3n) is 2.39. The third-order valence-corrected chi connectivity index (χ3v) is 2.39. The highest BCUT2D eigenvalue weighted by Crippen LogP contribution is 2.20. The molecule has 0 atom stereocenters. The van der Waals surface area contributed by atoms with Crippen molar-refractivity contribution in [3.05, 3.63) is 29.8 Å². The van der Waals surface area contributed by atoms with Crippen LogP contribution in [0.3, 0.4) is 0 Å². The standard InChI is InChI=1S/C13H18N2O3/c1-9(2)14-13(17)15(3)11-8-6-5-7-10(11)12(16)18-4/h5-9H,1-4H3,(H,14,17). The minimum absolute atomic E-state index is 0.0326. The molecular formula is C13H18N2O3. The fourth-order valence-electron chi connectivity index (χ4n) is 1.50. The van der Waals surface area contributed by atoms with E-state index in [2.05, 4.69) is 5.32 Å². The summed E-state index contributed by atoms with van der Waals surface area (Å²) >= 11 is 0. The number of para-hydroxylation sites is 1. The van der Waals surface area contributed by atoms with Crippen molar-refractivity contribution in [1.29, 1.82) is 0 Å². The van der Waals surface area contributed by atoms with Gasteiger partial charge in [0.15, 0.2) is 0 Å². The van der Waals surface area contributed by atoms with Crippen LogP contribution in [0.4, 0.5) is 10.5 Å². The molecule has 5 nitrogen and oxygen atoms in total. The number of carbonyl (C=O) groups excluding carboxylic acids is 2. The number of rotatable bonds is 3. The number of nitrogens with zero attached hydrogens (tertiary/aromatic N) is 1. The summed E-state index contributed by atoms with van der Waals surface area (Å²) < 4.78 is 4.69. The molecule has 1 aromatic rings. The predicted molar refractivity (Wildman–Crippen MR) is 69.9 cm³/mol. The molecule has 18 heavy (non-hydrogen) atoms. The highest BCUT2D eigenvalue weighted by Gasteiger charge is 2.18. The summed E-state index contributed by atoms with van der Waals surface area (Å²) in [6.07, 6.45) is 0. The minimum atomic E-state index is -0.463. The van der Waals surface area contributed by atoms with Crippen molar-refractivity contribution < 1.29 is 14.3 Å². The Balaban J connectivity index is 3.02. The molecule has 0 bridgehead atoms. The zero-order chi connectivity index (χ0) is 13.7. The second kappa shape index (κ2) is 6.05. The van der Waals surface area contributed by atoms with Gasteiger partial charge in [-0.15, -0.1) is 0 Å². The number of ether oxygens (including phenoxy) is 1. The average Bonchev–Trinajstić information content (AvgIpc) is 2.36. The fourth-order valence-corrected chi connectivity index (χ4v) is 1.50. The van der Waals surface area contributed by atoms with Crippen LogP contribution >= 0.6 is 0 Å². The second-order valence-electron chi connectivity index (χ2n) is 4.17. The molecule has 0 aliphatic heterocycles. The van der Waals surface area contributed by atoms with Crippen LogP contribution in [0.15, 0.2) is 24.3 Å². The van der Waals surface area contributed by atoms with E-state index in [9.17, 15) is 9.59 Å². The van der Waals surface area contributed by atoms with E-state index < -0.39 is 5.97 Å². The van der Waals surface area contributed by atoms with Crippen LogP contribution in [-0.4, -0.2) is 32.2 Å². The first-order chi connectivity index (χ1) is 8.47. The van der Waals surface area contributed by atoms with Crippen molar-refractivity contribution in [3.8, 4) is 0 Å². The van der Waals surface area contributed by atoms with E-state index in [-0.39, 0.29) is 12.1 Å². The Morgan fingerprint density at radius 1 is 1.28 bits per heavy atom. The lowest BCUT2D eigenvalue weighted by Crippen LogP contribution is -2.41. The molecule has 0 heterocycles. The van der Waals surface area contributed by atoms with Crippen molar-refractivity contribution in [1.82, 2.24) is 5.32 Å². The Morgan fingerprint density at radius 3 is 2.44 bits per heavy atom. The molecular weight excluding hydrogens is 232 g/mol. The van der Waals surface area contributed by atoms with Crippen molar-refractivity contribution in [2.75, 3.05) is 19.1 Å². The largest absolute Gasteiger partial charge is 0.465 e. The summed E-state index contributed by atoms with van der Waals surface area (Å²) in [6.45, 7) is 3.75. The number of esters is 1. The molecule has 0 spiro atoms. The maximum atomic E-state index is 11.9. The fraction of sp³-hybridized carbons (Fsp3) is 0.385. The van der Waals surface area contributed by atoms with Gasteiger partial charge < -0.3 is 10.1 Å². The topological polar surface area (TPSA) is 58.6 Å². The first-order valence-electron chi connectivity index (χ1n) is 5.69. The van der Waals surface area contributed by atoms with Gasteiger partial charge in [0.2, 0.25) is 0 Å². The lowest BCUT2D eigenvalue weighted by atomic mass is 10.1. The molecule has 0 saturated carbocycles. The van der Waals surface area contributed by atoms with Crippen LogP contribution in [0.2, 0.25) is 0 Å². The van der Waals surface area contributed by atoms with E-state index in [4.69, 9.17) is 4.74 Å². The number of hydrogen-bond acceptors (Lipinski definition) is 3. The van der Waals surface area contributed by atoms with Gasteiger partial charge in [-0.3, -0.25) is 4.90 Å². The number of benzene rings is 1. The Hall–Kier alpha value is -2.04. The number of hydrogen-bond donors (Lipinski definition) is 1. The molecule has 1 aromatic carbocycles. The molecule has 0 aliphatic carbocycles. The number of methoxy groups -OCH3 is 1. The van der Waals surface area contributed by atoms with Gasteiger partial charge in [0, 0.05) is 13.1 Å². The van der Waals surface area contributed by atoms with Crippen LogP contribution in [0.25, 0.3) is 0 Å². The third kappa shape index (κ3) is 3.23. The van der Waals surface area contributed by atoms with Gasteiger partial charge >= 0.3 is 12.0 Å².